The Balaban J connectivity index is 1.79. The summed E-state index contributed by atoms with van der Waals surface area (Å²) in [4.78, 5) is 31.4. The second kappa shape index (κ2) is 5.96. The minimum absolute atomic E-state index is 0.116. The molecule has 0 atom stereocenters. The Morgan fingerprint density at radius 1 is 1.35 bits per heavy atom. The van der Waals surface area contributed by atoms with E-state index in [2.05, 4.69) is 4.98 Å². The molecule has 0 bridgehead atoms. The van der Waals surface area contributed by atoms with Gasteiger partial charge < -0.3 is 14.7 Å². The Bertz CT molecular complexity index is 745. The number of amides is 2. The van der Waals surface area contributed by atoms with Gasteiger partial charge in [0.2, 0.25) is 5.91 Å². The van der Waals surface area contributed by atoms with Gasteiger partial charge in [0.15, 0.2) is 18.2 Å². The summed E-state index contributed by atoms with van der Waals surface area (Å²) in [6, 6.07) is 9.65. The molecule has 0 unspecified atom stereocenters. The molecule has 0 saturated heterocycles. The zero-order valence-electron chi connectivity index (χ0n) is 12.5. The van der Waals surface area contributed by atoms with E-state index in [4.69, 9.17) is 4.74 Å². The molecule has 0 saturated carbocycles. The number of benzene rings is 1. The van der Waals surface area contributed by atoms with Gasteiger partial charge in [0.25, 0.3) is 5.91 Å². The van der Waals surface area contributed by atoms with E-state index in [1.807, 2.05) is 0 Å². The second-order valence-electron chi connectivity index (χ2n) is 5.06. The zero-order valence-corrected chi connectivity index (χ0v) is 12.5. The molecular formula is C16H15N3O4. The second-order valence-corrected chi connectivity index (χ2v) is 5.06. The van der Waals surface area contributed by atoms with Crippen LogP contribution < -0.4 is 14.5 Å². The van der Waals surface area contributed by atoms with E-state index in [1.165, 1.54) is 21.9 Å². The first-order valence-corrected chi connectivity index (χ1v) is 7.00. The Morgan fingerprint density at radius 2 is 2.09 bits per heavy atom. The van der Waals surface area contributed by atoms with Gasteiger partial charge in [0.05, 0.1) is 0 Å². The summed E-state index contributed by atoms with van der Waals surface area (Å²) in [5.41, 5.74) is 0.620. The fourth-order valence-corrected chi connectivity index (χ4v) is 2.26. The molecule has 2 aromatic rings. The summed E-state index contributed by atoms with van der Waals surface area (Å²) in [5.74, 6) is 0.352. The van der Waals surface area contributed by atoms with Crippen LogP contribution in [0.4, 0.5) is 11.5 Å². The van der Waals surface area contributed by atoms with Gasteiger partial charge in [0, 0.05) is 18.9 Å². The van der Waals surface area contributed by atoms with Gasteiger partial charge in [-0.25, -0.2) is 4.98 Å². The standard InChI is InChI=1S/C16H15N3O4/c1-18(11-4-6-12(20)7-5-11)14(21)9-19-15(22)10-23-13-3-2-8-17-16(13)19/h2-8,20H,9-10H2,1H3. The van der Waals surface area contributed by atoms with Crippen LogP contribution in [0.2, 0.25) is 0 Å². The molecule has 1 aromatic carbocycles. The molecule has 1 aliphatic heterocycles. The van der Waals surface area contributed by atoms with Crippen molar-refractivity contribution in [3.63, 3.8) is 0 Å². The van der Waals surface area contributed by atoms with Crippen molar-refractivity contribution < 1.29 is 19.4 Å². The van der Waals surface area contributed by atoms with Crippen molar-refractivity contribution in [3.05, 3.63) is 42.6 Å². The minimum Gasteiger partial charge on any atom is -0.508 e. The molecule has 2 amide bonds. The Kier molecular flexibility index (Phi) is 3.84. The number of likely N-dealkylation sites (N-methyl/N-ethyl adjacent to an activating group) is 1. The van der Waals surface area contributed by atoms with E-state index in [0.29, 0.717) is 17.3 Å². The van der Waals surface area contributed by atoms with E-state index in [-0.39, 0.29) is 30.7 Å². The molecule has 1 aliphatic rings. The monoisotopic (exact) mass is 313 g/mol. The van der Waals surface area contributed by atoms with Crippen LogP contribution in [0.1, 0.15) is 0 Å². The van der Waals surface area contributed by atoms with E-state index < -0.39 is 0 Å². The number of phenols is 1. The molecule has 0 aliphatic carbocycles. The maximum atomic E-state index is 12.5. The zero-order chi connectivity index (χ0) is 16.4. The highest BCUT2D eigenvalue weighted by Gasteiger charge is 2.29. The largest absolute Gasteiger partial charge is 0.508 e. The maximum Gasteiger partial charge on any atom is 0.266 e. The smallest absolute Gasteiger partial charge is 0.266 e. The first-order chi connectivity index (χ1) is 11.1. The van der Waals surface area contributed by atoms with Crippen LogP contribution in [0, 0.1) is 0 Å². The van der Waals surface area contributed by atoms with Gasteiger partial charge in [-0.2, -0.15) is 0 Å². The highest BCUT2D eigenvalue weighted by Crippen LogP contribution is 2.29. The lowest BCUT2D eigenvalue weighted by Gasteiger charge is -2.29. The first-order valence-electron chi connectivity index (χ1n) is 7.00. The van der Waals surface area contributed by atoms with Crippen molar-refractivity contribution in [2.45, 2.75) is 0 Å². The molecule has 2 heterocycles. The third-order valence-corrected chi connectivity index (χ3v) is 3.56. The van der Waals surface area contributed by atoms with Crippen LogP contribution in [-0.2, 0) is 9.59 Å². The molecule has 118 valence electrons. The molecule has 3 rings (SSSR count). The number of phenolic OH excluding ortho intramolecular Hbond substituents is 1. The molecular weight excluding hydrogens is 298 g/mol. The summed E-state index contributed by atoms with van der Waals surface area (Å²) in [6.45, 7) is -0.252. The van der Waals surface area contributed by atoms with Crippen LogP contribution in [0.25, 0.3) is 0 Å². The number of aromatic hydroxyl groups is 1. The quantitative estimate of drug-likeness (QED) is 0.920. The van der Waals surface area contributed by atoms with Crippen molar-refractivity contribution in [2.75, 3.05) is 30.0 Å². The molecule has 1 N–H and O–H groups in total. The lowest BCUT2D eigenvalue weighted by atomic mass is 10.2. The van der Waals surface area contributed by atoms with Crippen LogP contribution >= 0.6 is 0 Å². The lowest BCUT2D eigenvalue weighted by Crippen LogP contribution is -2.46. The van der Waals surface area contributed by atoms with Crippen LogP contribution in [0.15, 0.2) is 42.6 Å². The van der Waals surface area contributed by atoms with Crippen LogP contribution in [0.5, 0.6) is 11.5 Å². The number of hydrogen-bond acceptors (Lipinski definition) is 5. The van der Waals surface area contributed by atoms with Gasteiger partial charge in [-0.15, -0.1) is 0 Å². The van der Waals surface area contributed by atoms with Crippen molar-refractivity contribution >= 4 is 23.3 Å². The van der Waals surface area contributed by atoms with Crippen LogP contribution in [-0.4, -0.2) is 42.1 Å². The number of carbonyl (C=O) groups is 2. The Labute approximate surface area is 132 Å². The summed E-state index contributed by atoms with van der Waals surface area (Å²) in [5, 5.41) is 9.30. The molecule has 1 aromatic heterocycles. The average Bonchev–Trinajstić information content (AvgIpc) is 2.57. The van der Waals surface area contributed by atoms with E-state index in [9.17, 15) is 14.7 Å². The maximum absolute atomic E-state index is 12.5. The number of hydrogen-bond donors (Lipinski definition) is 1. The summed E-state index contributed by atoms with van der Waals surface area (Å²) in [7, 11) is 1.61. The third-order valence-electron chi connectivity index (χ3n) is 3.56. The van der Waals surface area contributed by atoms with E-state index in [0.717, 1.165) is 0 Å². The lowest BCUT2D eigenvalue weighted by molar-refractivity contribution is -0.124. The van der Waals surface area contributed by atoms with Gasteiger partial charge >= 0.3 is 0 Å². The van der Waals surface area contributed by atoms with Gasteiger partial charge in [-0.05, 0) is 36.4 Å². The van der Waals surface area contributed by atoms with Crippen molar-refractivity contribution in [1.82, 2.24) is 4.98 Å². The SMILES string of the molecule is CN(C(=O)CN1C(=O)COc2cccnc21)c1ccc(O)cc1. The minimum atomic E-state index is -0.316. The Morgan fingerprint density at radius 3 is 2.83 bits per heavy atom. The first kappa shape index (κ1) is 14.8. The number of anilines is 2. The summed E-state index contributed by atoms with van der Waals surface area (Å²) in [6.07, 6.45) is 1.54. The molecule has 7 heteroatoms. The number of pyridine rings is 1. The average molecular weight is 313 g/mol. The van der Waals surface area contributed by atoms with Crippen LogP contribution in [0.3, 0.4) is 0 Å². The van der Waals surface area contributed by atoms with Gasteiger partial charge in [-0.1, -0.05) is 0 Å². The Hall–Kier alpha value is -3.09. The molecule has 0 spiro atoms. The normalized spacial score (nSPS) is 13.3. The van der Waals surface area contributed by atoms with E-state index >= 15 is 0 Å². The number of aromatic nitrogens is 1. The highest BCUT2D eigenvalue weighted by molar-refractivity contribution is 6.04. The number of rotatable bonds is 3. The fourth-order valence-electron chi connectivity index (χ4n) is 2.26. The number of nitrogens with zero attached hydrogens (tertiary/aromatic N) is 3. The predicted molar refractivity (Wildman–Crippen MR) is 83.6 cm³/mol. The van der Waals surface area contributed by atoms with Gasteiger partial charge in [-0.3, -0.25) is 14.5 Å². The number of ether oxygens (including phenoxy) is 1. The summed E-state index contributed by atoms with van der Waals surface area (Å²) < 4.78 is 5.30. The third kappa shape index (κ3) is 2.94. The molecule has 23 heavy (non-hydrogen) atoms. The molecule has 0 fully saturated rings. The highest BCUT2D eigenvalue weighted by atomic mass is 16.5. The fraction of sp³-hybridized carbons (Fsp3) is 0.188. The van der Waals surface area contributed by atoms with E-state index in [1.54, 1.807) is 37.5 Å². The predicted octanol–water partition coefficient (Wildman–Crippen LogP) is 1.18. The van der Waals surface area contributed by atoms with Crippen molar-refractivity contribution in [3.8, 4) is 11.5 Å². The molecule has 0 radical (unpaired) electrons. The topological polar surface area (TPSA) is 83.0 Å². The number of carbonyl (C=O) groups excluding carboxylic acids is 2. The van der Waals surface area contributed by atoms with Crippen molar-refractivity contribution in [2.24, 2.45) is 0 Å². The summed E-state index contributed by atoms with van der Waals surface area (Å²) >= 11 is 0. The molecule has 7 nitrogen and oxygen atoms in total. The van der Waals surface area contributed by atoms with Crippen molar-refractivity contribution in [1.29, 1.82) is 0 Å². The van der Waals surface area contributed by atoms with Gasteiger partial charge in [0.1, 0.15) is 12.3 Å². The number of fused-ring (bicyclic) bond motifs is 1.